The number of Topliss-reactive ketones (excluding diaryl/α,β-unsaturated/α-hetero) is 3. The van der Waals surface area contributed by atoms with Gasteiger partial charge >= 0.3 is 0 Å². The Morgan fingerprint density at radius 2 is 0.717 bits per heavy atom. The van der Waals surface area contributed by atoms with Gasteiger partial charge < -0.3 is 26.4 Å². The van der Waals surface area contributed by atoms with Crippen LogP contribution >= 0.6 is 34.8 Å². The van der Waals surface area contributed by atoms with Gasteiger partial charge in [0.1, 0.15) is 41.6 Å². The van der Waals surface area contributed by atoms with Crippen molar-refractivity contribution in [3.05, 3.63) is 210 Å². The number of rotatable bonds is 27. The number of hydrogen-bond acceptors (Lipinski definition) is 21. The van der Waals surface area contributed by atoms with Crippen molar-refractivity contribution >= 4 is 75.9 Å². The second kappa shape index (κ2) is 39.4. The van der Waals surface area contributed by atoms with Crippen LogP contribution in [0, 0.1) is 120 Å². The number of aliphatic hydroxyl groups excluding tert-OH is 1. The van der Waals surface area contributed by atoms with Gasteiger partial charge in [-0.2, -0.15) is 26.3 Å². The lowest BCUT2D eigenvalue weighted by atomic mass is 9.52. The van der Waals surface area contributed by atoms with Crippen LogP contribution in [-0.2, 0) is 65.8 Å². The van der Waals surface area contributed by atoms with Gasteiger partial charge in [0.25, 0.3) is 0 Å². The monoisotopic (exact) mass is 1580 g/mol. The number of hydrogen-bond donors (Lipinski definition) is 5. The molecule has 5 N–H and O–H groups in total. The molecule has 0 spiro atoms. The molecule has 4 saturated carbocycles. The number of anilines is 4. The molecule has 4 aromatic heterocycles. The highest BCUT2D eigenvalue weighted by Crippen LogP contribution is 2.55. The molecule has 0 radical (unpaired) electrons. The van der Waals surface area contributed by atoms with Crippen LogP contribution in [-0.4, -0.2) is 94.6 Å². The highest BCUT2D eigenvalue weighted by Gasteiger charge is 2.52. The van der Waals surface area contributed by atoms with Crippen molar-refractivity contribution in [1.82, 2.24) is 39.9 Å². The van der Waals surface area contributed by atoms with Crippen LogP contribution in [0.2, 0.25) is 15.1 Å². The van der Waals surface area contributed by atoms with Crippen molar-refractivity contribution in [2.24, 2.45) is 63.1 Å². The van der Waals surface area contributed by atoms with E-state index in [9.17, 15) is 40.5 Å². The van der Waals surface area contributed by atoms with E-state index >= 15 is 0 Å². The minimum atomic E-state index is -0.267. The molecule has 0 saturated heterocycles. The van der Waals surface area contributed by atoms with E-state index in [0.717, 1.165) is 131 Å². The number of nitriles is 5. The first-order valence-electron chi connectivity index (χ1n) is 38.8. The molecule has 4 heterocycles. The van der Waals surface area contributed by atoms with Crippen LogP contribution in [0.4, 0.5) is 23.8 Å². The van der Waals surface area contributed by atoms with Gasteiger partial charge in [-0.15, -0.1) is 0 Å². The molecule has 0 unspecified atom stereocenters. The van der Waals surface area contributed by atoms with E-state index in [1.807, 2.05) is 91.0 Å². The third-order valence-electron chi connectivity index (χ3n) is 23.7. The van der Waals surface area contributed by atoms with Crippen LogP contribution in [0.15, 0.2) is 122 Å². The molecule has 4 aliphatic rings. The molecule has 588 valence electrons. The molecular formula is C89H102Cl3N17O4. The van der Waals surface area contributed by atoms with E-state index in [2.05, 4.69) is 147 Å². The Morgan fingerprint density at radius 3 is 0.982 bits per heavy atom. The second-order valence-electron chi connectivity index (χ2n) is 32.8. The number of aliphatic hydroxyl groups is 1. The fourth-order valence-corrected chi connectivity index (χ4v) is 16.9. The summed E-state index contributed by atoms with van der Waals surface area (Å²) in [5.74, 6) is 4.52. The normalized spacial score (nSPS) is 20.2. The Labute approximate surface area is 680 Å². The topological polar surface area (TPSA) is 342 Å². The maximum atomic E-state index is 11.8. The van der Waals surface area contributed by atoms with Gasteiger partial charge in [0.05, 0.1) is 87.6 Å². The fourth-order valence-electron chi connectivity index (χ4n) is 16.2. The van der Waals surface area contributed by atoms with Crippen LogP contribution in [0.1, 0.15) is 188 Å². The van der Waals surface area contributed by atoms with Crippen molar-refractivity contribution in [1.29, 1.82) is 26.3 Å². The molecule has 4 fully saturated rings. The summed E-state index contributed by atoms with van der Waals surface area (Å²) in [4.78, 5) is 70.8. The first-order valence-corrected chi connectivity index (χ1v) is 39.9. The molecule has 113 heavy (non-hydrogen) atoms. The molecule has 4 aliphatic carbocycles. The van der Waals surface area contributed by atoms with Crippen molar-refractivity contribution < 1.29 is 19.5 Å². The van der Waals surface area contributed by atoms with Crippen LogP contribution in [0.5, 0.6) is 0 Å². The Kier molecular flexibility index (Phi) is 30.2. The molecule has 24 heteroatoms. The Hall–Kier alpha value is -10.3. The maximum Gasteiger partial charge on any atom is 0.222 e. The number of aromatic nitrogens is 8. The predicted molar refractivity (Wildman–Crippen MR) is 441 cm³/mol. The van der Waals surface area contributed by atoms with Gasteiger partial charge in [-0.3, -0.25) is 14.4 Å². The summed E-state index contributed by atoms with van der Waals surface area (Å²) >= 11 is 18.1. The average Bonchev–Trinajstić information content (AvgIpc) is 0.764. The molecule has 0 bridgehead atoms. The lowest BCUT2D eigenvalue weighted by molar-refractivity contribution is -0.136. The van der Waals surface area contributed by atoms with E-state index in [1.165, 1.54) is 0 Å². The summed E-state index contributed by atoms with van der Waals surface area (Å²) in [7, 11) is 0. The van der Waals surface area contributed by atoms with Gasteiger partial charge in [-0.05, 0) is 227 Å². The maximum absolute atomic E-state index is 11.8. The van der Waals surface area contributed by atoms with E-state index in [4.69, 9.17) is 40.1 Å². The first kappa shape index (κ1) is 86.7. The van der Waals surface area contributed by atoms with Crippen molar-refractivity contribution in [3.8, 4) is 30.3 Å². The van der Waals surface area contributed by atoms with E-state index in [-0.39, 0.29) is 62.9 Å². The number of benzene rings is 4. The summed E-state index contributed by atoms with van der Waals surface area (Å²) < 4.78 is 0. The van der Waals surface area contributed by atoms with Gasteiger partial charge in [0.15, 0.2) is 0 Å². The smallest absolute Gasteiger partial charge is 0.222 e. The van der Waals surface area contributed by atoms with Gasteiger partial charge in [0.2, 0.25) is 23.8 Å². The molecular weight excluding hydrogens is 1480 g/mol. The van der Waals surface area contributed by atoms with Crippen LogP contribution in [0.25, 0.3) is 0 Å². The SMILES string of the molecule is CC(=O)[C@@H]1C[C@@H](Cc2nc(NCCc3cccc(Cl)c3)ncc2C#N)C1(C)C.CC(=O)[C@@H]1C[C@H](Cc2nc(NCCc3cccc(Cl)c3)ncc2C#N)C1(C)C.CC(=O)[C@H]1C[C@@H](Cc2nc(NCCc3cccc(Cl)c3)ncc2C#N)C1(C)C.CC1(C)C[C@H](Cc2nc(NCCc3cccc(C#N)c3)ncc2C#N)CC[C@@H]1O. The fraction of sp³-hybridized carbons (Fsp3) is 0.461. The quantitative estimate of drug-likeness (QED) is 0.0319. The zero-order valence-electron chi connectivity index (χ0n) is 66.5. The van der Waals surface area contributed by atoms with Crippen molar-refractivity contribution in [2.75, 3.05) is 47.4 Å². The summed E-state index contributed by atoms with van der Waals surface area (Å²) in [6.45, 7) is 24.6. The highest BCUT2D eigenvalue weighted by atomic mass is 35.5. The number of ketones is 3. The highest BCUT2D eigenvalue weighted by molar-refractivity contribution is 6.31. The number of nitrogens with one attached hydrogen (secondary N) is 4. The largest absolute Gasteiger partial charge is 0.393 e. The minimum absolute atomic E-state index is 0.0658. The lowest BCUT2D eigenvalue weighted by Crippen LogP contribution is -2.49. The van der Waals surface area contributed by atoms with Crippen LogP contribution < -0.4 is 21.3 Å². The second-order valence-corrected chi connectivity index (χ2v) is 34.1. The number of carbonyl (C=O) groups is 3. The number of nitrogens with zero attached hydrogens (tertiary/aromatic N) is 13. The molecule has 8 atom stereocenters. The van der Waals surface area contributed by atoms with Gasteiger partial charge in [0, 0.05) is 59.0 Å². The molecule has 8 aromatic rings. The van der Waals surface area contributed by atoms with Gasteiger partial charge in [-0.25, -0.2) is 39.9 Å². The predicted octanol–water partition coefficient (Wildman–Crippen LogP) is 17.0. The third kappa shape index (κ3) is 23.4. The summed E-state index contributed by atoms with van der Waals surface area (Å²) in [6.07, 6.45) is 17.2. The van der Waals surface area contributed by atoms with E-state index in [1.54, 1.807) is 51.6 Å². The molecule has 21 nitrogen and oxygen atoms in total. The summed E-state index contributed by atoms with van der Waals surface area (Å²) in [5.41, 5.74) is 9.89. The molecule has 4 aromatic carbocycles. The molecule has 12 rings (SSSR count). The Morgan fingerprint density at radius 1 is 0.425 bits per heavy atom. The number of carbonyl (C=O) groups excluding carboxylic acids is 3. The van der Waals surface area contributed by atoms with Gasteiger partial charge in [-0.1, -0.05) is 139 Å². The minimum Gasteiger partial charge on any atom is -0.393 e. The molecule has 0 amide bonds. The zero-order chi connectivity index (χ0) is 81.8. The van der Waals surface area contributed by atoms with Crippen molar-refractivity contribution in [3.63, 3.8) is 0 Å². The van der Waals surface area contributed by atoms with Crippen LogP contribution in [0.3, 0.4) is 0 Å². The first-order chi connectivity index (χ1) is 53.8. The lowest BCUT2D eigenvalue weighted by Gasteiger charge is -2.51. The standard InChI is InChI=1S/C23H27N5O.3C22H25ClN4O/c1-23(2)12-17(6-7-21(23)29)11-20-19(14-25)15-27-22(28-20)26-9-8-16-4-3-5-18(10-16)13-24;3*1-14(28)19-10-17(22(19,2)3)11-20-16(12-24)13-26-21(27-20)25-8-7-15-5-4-6-18(23)9-15/h3-5,10,15,17,21,29H,6-9,11-12H2,1-2H3,(H,26,27,28);3*4-6,9,13,17,19H,7-8,10-11H2,1-3H3,(H,25,26,27)/t17-,21-;2*17-,19+;17-,19-/m0100/s1. The average molecular weight is 1580 g/mol. The summed E-state index contributed by atoms with van der Waals surface area (Å²) in [5, 5.41) is 72.0. The zero-order valence-corrected chi connectivity index (χ0v) is 68.8. The Bertz CT molecular complexity index is 4560. The van der Waals surface area contributed by atoms with Crippen molar-refractivity contribution in [2.45, 2.75) is 172 Å². The molecule has 0 aliphatic heterocycles. The van der Waals surface area contributed by atoms with E-state index < -0.39 is 0 Å². The Balaban J connectivity index is 0.000000173. The number of halogens is 3. The summed E-state index contributed by atoms with van der Waals surface area (Å²) in [6, 6.07) is 41.8. The van der Waals surface area contributed by atoms with E-state index in [0.29, 0.717) is 121 Å². The third-order valence-corrected chi connectivity index (χ3v) is 24.4.